The second kappa shape index (κ2) is 8.61. The van der Waals surface area contributed by atoms with E-state index in [0.717, 1.165) is 65.0 Å². The van der Waals surface area contributed by atoms with Gasteiger partial charge in [-0.15, -0.1) is 0 Å². The standard InChI is InChI=1S/C20H31N5O3/c26-18-2-3-20(15-25(18)9-1-8-23-12-6-22-16-23)4-10-24(11-5-20)19(27)17-14-21-7-13-28-17/h6,12,16-17,21H,1-5,7-11,13-15H2/t17-/m1/s1. The van der Waals surface area contributed by atoms with E-state index in [4.69, 9.17) is 4.74 Å². The molecule has 1 aromatic rings. The Morgan fingerprint density at radius 2 is 2.14 bits per heavy atom. The third-order valence-corrected chi connectivity index (χ3v) is 6.49. The zero-order valence-electron chi connectivity index (χ0n) is 16.5. The highest BCUT2D eigenvalue weighted by Gasteiger charge is 2.42. The number of hydrogen-bond acceptors (Lipinski definition) is 5. The summed E-state index contributed by atoms with van der Waals surface area (Å²) in [5.74, 6) is 0.391. The van der Waals surface area contributed by atoms with E-state index in [2.05, 4.69) is 14.9 Å². The third-order valence-electron chi connectivity index (χ3n) is 6.49. The summed E-state index contributed by atoms with van der Waals surface area (Å²) in [5.41, 5.74) is 0.172. The maximum atomic E-state index is 12.7. The second-order valence-corrected chi connectivity index (χ2v) is 8.36. The van der Waals surface area contributed by atoms with Crippen LogP contribution in [0.2, 0.25) is 0 Å². The lowest BCUT2D eigenvalue weighted by Crippen LogP contribution is -2.55. The van der Waals surface area contributed by atoms with E-state index in [9.17, 15) is 9.59 Å². The predicted octanol–water partition coefficient (Wildman–Crippen LogP) is 0.493. The molecule has 1 spiro atoms. The Morgan fingerprint density at radius 3 is 2.86 bits per heavy atom. The van der Waals surface area contributed by atoms with Gasteiger partial charge in [0.2, 0.25) is 5.91 Å². The largest absolute Gasteiger partial charge is 0.366 e. The average Bonchev–Trinajstić information content (AvgIpc) is 3.25. The summed E-state index contributed by atoms with van der Waals surface area (Å²) >= 11 is 0. The van der Waals surface area contributed by atoms with E-state index >= 15 is 0 Å². The van der Waals surface area contributed by atoms with Gasteiger partial charge >= 0.3 is 0 Å². The zero-order chi connectivity index (χ0) is 19.4. The van der Waals surface area contributed by atoms with E-state index in [0.29, 0.717) is 19.6 Å². The Bertz CT molecular complexity index is 663. The van der Waals surface area contributed by atoms with E-state index in [1.54, 1.807) is 6.20 Å². The number of carbonyl (C=O) groups is 2. The van der Waals surface area contributed by atoms with Gasteiger partial charge in [-0.25, -0.2) is 4.98 Å². The van der Waals surface area contributed by atoms with Crippen LogP contribution in [0, 0.1) is 5.41 Å². The number of nitrogens with zero attached hydrogens (tertiary/aromatic N) is 4. The Morgan fingerprint density at radius 1 is 1.29 bits per heavy atom. The normalized spacial score (nSPS) is 25.3. The molecule has 4 rings (SSSR count). The fraction of sp³-hybridized carbons (Fsp3) is 0.750. The molecule has 1 atom stereocenters. The number of nitrogens with one attached hydrogen (secondary N) is 1. The number of morpholine rings is 1. The number of aryl methyl sites for hydroxylation is 1. The Hall–Kier alpha value is -1.93. The molecule has 8 heteroatoms. The maximum absolute atomic E-state index is 12.7. The van der Waals surface area contributed by atoms with Gasteiger partial charge in [0.25, 0.3) is 5.91 Å². The van der Waals surface area contributed by atoms with Gasteiger partial charge < -0.3 is 24.4 Å². The molecular formula is C20H31N5O3. The quantitative estimate of drug-likeness (QED) is 0.793. The lowest BCUT2D eigenvalue weighted by molar-refractivity contribution is -0.150. The fourth-order valence-electron chi connectivity index (χ4n) is 4.71. The molecule has 4 heterocycles. The molecule has 0 saturated carbocycles. The van der Waals surface area contributed by atoms with Gasteiger partial charge in [-0.1, -0.05) is 0 Å². The summed E-state index contributed by atoms with van der Waals surface area (Å²) in [4.78, 5) is 33.2. The minimum absolute atomic E-state index is 0.117. The number of rotatable bonds is 5. The van der Waals surface area contributed by atoms with Crippen molar-refractivity contribution >= 4 is 11.8 Å². The van der Waals surface area contributed by atoms with Gasteiger partial charge in [0, 0.05) is 64.6 Å². The predicted molar refractivity (Wildman–Crippen MR) is 104 cm³/mol. The van der Waals surface area contributed by atoms with Crippen molar-refractivity contribution in [1.82, 2.24) is 24.7 Å². The van der Waals surface area contributed by atoms with Crippen LogP contribution in [0.4, 0.5) is 0 Å². The number of carbonyl (C=O) groups excluding carboxylic acids is 2. The van der Waals surface area contributed by atoms with E-state index in [1.165, 1.54) is 0 Å². The molecule has 0 aliphatic carbocycles. The van der Waals surface area contributed by atoms with E-state index < -0.39 is 0 Å². The molecule has 3 aliphatic rings. The number of piperidine rings is 2. The van der Waals surface area contributed by atoms with Crippen LogP contribution in [0.1, 0.15) is 32.1 Å². The van der Waals surface area contributed by atoms with E-state index in [1.807, 2.05) is 22.3 Å². The number of imidazole rings is 1. The summed E-state index contributed by atoms with van der Waals surface area (Å²) in [6.07, 6.45) is 9.70. The molecule has 3 saturated heterocycles. The summed E-state index contributed by atoms with van der Waals surface area (Å²) in [5, 5.41) is 3.23. The molecule has 1 aromatic heterocycles. The Balaban J connectivity index is 1.27. The topological polar surface area (TPSA) is 79.7 Å². The van der Waals surface area contributed by atoms with Crippen LogP contribution in [0.15, 0.2) is 18.7 Å². The van der Waals surface area contributed by atoms with Crippen LogP contribution < -0.4 is 5.32 Å². The summed E-state index contributed by atoms with van der Waals surface area (Å²) in [6, 6.07) is 0. The minimum atomic E-state index is -0.338. The highest BCUT2D eigenvalue weighted by Crippen LogP contribution is 2.40. The molecular weight excluding hydrogens is 358 g/mol. The first-order valence-electron chi connectivity index (χ1n) is 10.5. The number of likely N-dealkylation sites (tertiary alicyclic amines) is 2. The first kappa shape index (κ1) is 19.4. The molecule has 0 radical (unpaired) electrons. The van der Waals surface area contributed by atoms with Crippen molar-refractivity contribution in [2.75, 3.05) is 45.9 Å². The number of amides is 2. The molecule has 1 N–H and O–H groups in total. The van der Waals surface area contributed by atoms with Crippen molar-refractivity contribution in [2.24, 2.45) is 5.41 Å². The van der Waals surface area contributed by atoms with Gasteiger partial charge in [0.1, 0.15) is 6.10 Å². The van der Waals surface area contributed by atoms with Crippen LogP contribution in [0.3, 0.4) is 0 Å². The molecule has 154 valence electrons. The summed E-state index contributed by atoms with van der Waals surface area (Å²) in [7, 11) is 0. The van der Waals surface area contributed by atoms with Crippen molar-refractivity contribution < 1.29 is 14.3 Å². The van der Waals surface area contributed by atoms with Crippen LogP contribution in [-0.4, -0.2) is 83.1 Å². The molecule has 0 aromatic carbocycles. The third kappa shape index (κ3) is 4.38. The van der Waals surface area contributed by atoms with Crippen molar-refractivity contribution in [3.05, 3.63) is 18.7 Å². The van der Waals surface area contributed by atoms with Crippen molar-refractivity contribution in [3.8, 4) is 0 Å². The molecule has 3 fully saturated rings. The van der Waals surface area contributed by atoms with Gasteiger partial charge in [-0.2, -0.15) is 0 Å². The average molecular weight is 390 g/mol. The first-order valence-corrected chi connectivity index (χ1v) is 10.5. The van der Waals surface area contributed by atoms with Crippen molar-refractivity contribution in [1.29, 1.82) is 0 Å². The van der Waals surface area contributed by atoms with Gasteiger partial charge in [-0.05, 0) is 31.1 Å². The lowest BCUT2D eigenvalue weighted by atomic mass is 9.72. The maximum Gasteiger partial charge on any atom is 0.253 e. The molecule has 3 aliphatic heterocycles. The molecule has 28 heavy (non-hydrogen) atoms. The van der Waals surface area contributed by atoms with Crippen molar-refractivity contribution in [3.63, 3.8) is 0 Å². The van der Waals surface area contributed by atoms with E-state index in [-0.39, 0.29) is 23.3 Å². The number of hydrogen-bond donors (Lipinski definition) is 1. The lowest BCUT2D eigenvalue weighted by Gasteiger charge is -2.48. The van der Waals surface area contributed by atoms with Gasteiger partial charge in [-0.3, -0.25) is 9.59 Å². The first-order chi connectivity index (χ1) is 13.7. The van der Waals surface area contributed by atoms with Crippen LogP contribution in [0.25, 0.3) is 0 Å². The second-order valence-electron chi connectivity index (χ2n) is 8.36. The molecule has 0 unspecified atom stereocenters. The van der Waals surface area contributed by atoms with Crippen molar-refractivity contribution in [2.45, 2.75) is 44.8 Å². The van der Waals surface area contributed by atoms with Gasteiger partial charge in [0.05, 0.1) is 12.9 Å². The Kier molecular flexibility index (Phi) is 5.96. The minimum Gasteiger partial charge on any atom is -0.366 e. The monoisotopic (exact) mass is 389 g/mol. The van der Waals surface area contributed by atoms with Crippen LogP contribution in [-0.2, 0) is 20.9 Å². The highest BCUT2D eigenvalue weighted by molar-refractivity contribution is 5.81. The SMILES string of the molecule is O=C1CCC2(CCN(C(=O)[C@H]3CNCCO3)CC2)CN1CCCn1ccnc1. The smallest absolute Gasteiger partial charge is 0.253 e. The zero-order valence-corrected chi connectivity index (χ0v) is 16.5. The highest BCUT2D eigenvalue weighted by atomic mass is 16.5. The molecule has 2 amide bonds. The fourth-order valence-corrected chi connectivity index (χ4v) is 4.71. The number of aromatic nitrogens is 2. The number of ether oxygens (including phenoxy) is 1. The van der Waals surface area contributed by atoms with Crippen LogP contribution >= 0.6 is 0 Å². The molecule has 0 bridgehead atoms. The summed E-state index contributed by atoms with van der Waals surface area (Å²) in [6.45, 7) is 6.09. The molecule has 8 nitrogen and oxygen atoms in total. The summed E-state index contributed by atoms with van der Waals surface area (Å²) < 4.78 is 7.68. The van der Waals surface area contributed by atoms with Gasteiger partial charge in [0.15, 0.2) is 0 Å². The Labute approximate surface area is 166 Å². The van der Waals surface area contributed by atoms with Crippen LogP contribution in [0.5, 0.6) is 0 Å².